The molecular formula is C27H43N3O8Si. The van der Waals surface area contributed by atoms with Crippen molar-refractivity contribution in [3.63, 3.8) is 0 Å². The van der Waals surface area contributed by atoms with Crippen LogP contribution in [0, 0.1) is 17.3 Å². The summed E-state index contributed by atoms with van der Waals surface area (Å²) in [6, 6.07) is -1.05. The number of nitrogens with one attached hydrogen (secondary N) is 1. The Kier molecular flexibility index (Phi) is 10.5. The topological polar surface area (TPSA) is 135 Å². The first-order chi connectivity index (χ1) is 18.2. The first kappa shape index (κ1) is 32.1. The van der Waals surface area contributed by atoms with Gasteiger partial charge in [-0.25, -0.2) is 14.4 Å². The highest BCUT2D eigenvalue weighted by atomic mass is 28.2. The molecule has 1 fully saturated rings. The summed E-state index contributed by atoms with van der Waals surface area (Å²) < 4.78 is 16.4. The minimum absolute atomic E-state index is 0.00715. The molecule has 1 saturated heterocycles. The highest BCUT2D eigenvalue weighted by molar-refractivity contribution is 6.02. The lowest BCUT2D eigenvalue weighted by Crippen LogP contribution is -2.72. The number of fused-ring (bicyclic) bond motifs is 1. The molecule has 0 saturated carbocycles. The van der Waals surface area contributed by atoms with Crippen LogP contribution in [0.1, 0.15) is 47.5 Å². The molecule has 0 unspecified atom stereocenters. The molecule has 11 nitrogen and oxygen atoms in total. The molecule has 0 aromatic rings. The van der Waals surface area contributed by atoms with Gasteiger partial charge in [-0.2, -0.15) is 0 Å². The van der Waals surface area contributed by atoms with E-state index in [1.807, 2.05) is 34.6 Å². The summed E-state index contributed by atoms with van der Waals surface area (Å²) in [5.74, 6) is -1.99. The van der Waals surface area contributed by atoms with E-state index >= 15 is 0 Å². The maximum atomic E-state index is 13.6. The Bertz CT molecular complexity index is 1020. The fourth-order valence-corrected chi connectivity index (χ4v) is 7.55. The molecular weight excluding hydrogens is 522 g/mol. The summed E-state index contributed by atoms with van der Waals surface area (Å²) in [7, 11) is 1.92. The van der Waals surface area contributed by atoms with Crippen LogP contribution in [0.4, 0.5) is 9.59 Å². The number of hydrogen-bond acceptors (Lipinski definition) is 7. The van der Waals surface area contributed by atoms with Gasteiger partial charge < -0.3 is 34.1 Å². The molecule has 0 aromatic carbocycles. The zero-order valence-electron chi connectivity index (χ0n) is 24.1. The molecule has 3 amide bonds. The van der Waals surface area contributed by atoms with Gasteiger partial charge in [-0.3, -0.25) is 4.79 Å². The van der Waals surface area contributed by atoms with Crippen molar-refractivity contribution in [3.8, 4) is 0 Å². The summed E-state index contributed by atoms with van der Waals surface area (Å²) in [6.07, 6.45) is 1.90. The zero-order chi connectivity index (χ0) is 29.7. The van der Waals surface area contributed by atoms with E-state index in [9.17, 15) is 24.3 Å². The van der Waals surface area contributed by atoms with E-state index in [1.54, 1.807) is 0 Å². The maximum absolute atomic E-state index is 13.6. The van der Waals surface area contributed by atoms with Gasteiger partial charge in [-0.1, -0.05) is 59.9 Å². The lowest BCUT2D eigenvalue weighted by atomic mass is 9.58. The number of hydrogen-bond donors (Lipinski definition) is 2. The SMILES string of the molecule is C=CCOC(=O)NC[C@@H](CC1=C(C(=O)O)N2C(=O)[C@H]([C@](O[SiH3])(C(C)C)C(C)(C)C)[C@H]2C1)N(C)C(=O)OCC=C. The lowest BCUT2D eigenvalue weighted by molar-refractivity contribution is -0.192. The van der Waals surface area contributed by atoms with Crippen molar-refractivity contribution < 1.29 is 38.2 Å². The minimum Gasteiger partial charge on any atom is -0.477 e. The van der Waals surface area contributed by atoms with Crippen LogP contribution in [0.15, 0.2) is 36.6 Å². The van der Waals surface area contributed by atoms with Gasteiger partial charge in [0.1, 0.15) is 29.4 Å². The Morgan fingerprint density at radius 1 is 1.21 bits per heavy atom. The number of aliphatic carboxylic acids is 1. The Hall–Kier alpha value is -3.12. The molecule has 0 radical (unpaired) electrons. The van der Waals surface area contributed by atoms with Gasteiger partial charge in [0, 0.05) is 13.6 Å². The molecule has 2 rings (SSSR count). The molecule has 2 N–H and O–H groups in total. The fourth-order valence-electron chi connectivity index (χ4n) is 6.21. The van der Waals surface area contributed by atoms with Crippen LogP contribution in [0.3, 0.4) is 0 Å². The minimum atomic E-state index is -1.22. The predicted molar refractivity (Wildman–Crippen MR) is 149 cm³/mol. The number of ether oxygens (including phenoxy) is 2. The number of carboxylic acid groups (broad SMARTS) is 1. The average molecular weight is 566 g/mol. The van der Waals surface area contributed by atoms with Crippen molar-refractivity contribution in [2.24, 2.45) is 17.3 Å². The lowest BCUT2D eigenvalue weighted by Gasteiger charge is -2.59. The average Bonchev–Trinajstić information content (AvgIpc) is 3.19. The molecule has 0 aromatic heterocycles. The van der Waals surface area contributed by atoms with Gasteiger partial charge in [0.25, 0.3) is 0 Å². The van der Waals surface area contributed by atoms with Crippen molar-refractivity contribution in [1.82, 2.24) is 15.1 Å². The molecule has 0 bridgehead atoms. The number of rotatable bonds is 13. The molecule has 12 heteroatoms. The zero-order valence-corrected chi connectivity index (χ0v) is 26.1. The third kappa shape index (κ3) is 6.22. The number of carboxylic acids is 1. The van der Waals surface area contributed by atoms with E-state index in [4.69, 9.17) is 13.9 Å². The van der Waals surface area contributed by atoms with E-state index < -0.39 is 35.7 Å². The molecule has 2 aliphatic heterocycles. The molecule has 218 valence electrons. The van der Waals surface area contributed by atoms with Crippen LogP contribution in [-0.2, 0) is 23.5 Å². The normalized spacial score (nSPS) is 21.0. The number of β-lactam (4-membered cyclic amide) rings is 1. The largest absolute Gasteiger partial charge is 0.477 e. The molecule has 4 atom stereocenters. The van der Waals surface area contributed by atoms with E-state index in [1.165, 1.54) is 29.0 Å². The van der Waals surface area contributed by atoms with Crippen molar-refractivity contribution in [2.75, 3.05) is 26.8 Å². The molecule has 2 aliphatic rings. The van der Waals surface area contributed by atoms with Gasteiger partial charge in [0.15, 0.2) is 0 Å². The summed E-state index contributed by atoms with van der Waals surface area (Å²) in [5, 5.41) is 12.7. The molecule has 2 heterocycles. The van der Waals surface area contributed by atoms with E-state index in [2.05, 4.69) is 18.5 Å². The summed E-state index contributed by atoms with van der Waals surface area (Å²) >= 11 is 0. The third-order valence-corrected chi connectivity index (χ3v) is 8.42. The van der Waals surface area contributed by atoms with E-state index in [0.717, 1.165) is 0 Å². The number of carbonyl (C=O) groups is 4. The predicted octanol–water partition coefficient (Wildman–Crippen LogP) is 2.22. The van der Waals surface area contributed by atoms with Crippen molar-refractivity contribution in [2.45, 2.75) is 65.1 Å². The Labute approximate surface area is 233 Å². The number of carbonyl (C=O) groups excluding carboxylic acids is 3. The standard InChI is InChI=1S/C27H43N3O8Si/c1-9-11-36-24(34)28-15-18(29(8)25(35)37-12-10-2)13-17-14-19-20(22(31)30(19)21(17)23(32)33)27(38-39,16(3)4)26(5,6)7/h9-10,16,18-20H,1-2,11-15H2,3-8,39H3,(H,28,34)(H,32,33)/t18-,19-,20-,27-/m1/s1. The van der Waals surface area contributed by atoms with Crippen LogP contribution in [0.25, 0.3) is 0 Å². The van der Waals surface area contributed by atoms with E-state index in [0.29, 0.717) is 22.5 Å². The highest BCUT2D eigenvalue weighted by Gasteiger charge is 2.66. The second kappa shape index (κ2) is 12.8. The Morgan fingerprint density at radius 2 is 1.79 bits per heavy atom. The third-order valence-electron chi connectivity index (χ3n) is 7.74. The van der Waals surface area contributed by atoms with Crippen molar-refractivity contribution >= 4 is 34.5 Å². The van der Waals surface area contributed by atoms with E-state index in [-0.39, 0.29) is 55.2 Å². The number of likely N-dealkylation sites (N-methyl/N-ethyl adjacent to an activating group) is 1. The summed E-state index contributed by atoms with van der Waals surface area (Å²) in [6.45, 7) is 17.2. The van der Waals surface area contributed by atoms with Crippen molar-refractivity contribution in [3.05, 3.63) is 36.6 Å². The smallest absolute Gasteiger partial charge is 0.410 e. The van der Waals surface area contributed by atoms with Gasteiger partial charge in [0.2, 0.25) is 5.91 Å². The second-order valence-corrected chi connectivity index (χ2v) is 11.6. The van der Waals surface area contributed by atoms with Gasteiger partial charge in [0.05, 0.1) is 23.6 Å². The monoisotopic (exact) mass is 565 g/mol. The van der Waals surface area contributed by atoms with Crippen LogP contribution >= 0.6 is 0 Å². The fraction of sp³-hybridized carbons (Fsp3) is 0.630. The first-order valence-electron chi connectivity index (χ1n) is 13.0. The quantitative estimate of drug-likeness (QED) is 0.197. The Balaban J connectivity index is 2.41. The van der Waals surface area contributed by atoms with Crippen LogP contribution in [0.5, 0.6) is 0 Å². The van der Waals surface area contributed by atoms with Crippen LogP contribution in [-0.4, -0.2) is 93.9 Å². The van der Waals surface area contributed by atoms with Crippen molar-refractivity contribution in [1.29, 1.82) is 0 Å². The van der Waals surface area contributed by atoms with Gasteiger partial charge in [-0.05, 0) is 29.7 Å². The summed E-state index contributed by atoms with van der Waals surface area (Å²) in [5.41, 5.74) is -0.710. The number of alkyl carbamates (subject to hydrolysis) is 1. The maximum Gasteiger partial charge on any atom is 0.410 e. The molecule has 39 heavy (non-hydrogen) atoms. The summed E-state index contributed by atoms with van der Waals surface area (Å²) in [4.78, 5) is 53.4. The van der Waals surface area contributed by atoms with Gasteiger partial charge >= 0.3 is 18.2 Å². The number of amides is 3. The first-order valence-corrected chi connectivity index (χ1v) is 13.9. The Morgan fingerprint density at radius 3 is 2.28 bits per heavy atom. The number of nitrogens with zero attached hydrogens (tertiary/aromatic N) is 2. The van der Waals surface area contributed by atoms with Gasteiger partial charge in [-0.15, -0.1) is 0 Å². The molecule has 0 aliphatic carbocycles. The molecule has 0 spiro atoms. The second-order valence-electron chi connectivity index (χ2n) is 11.2. The van der Waals surface area contributed by atoms with Crippen LogP contribution < -0.4 is 5.32 Å². The highest BCUT2D eigenvalue weighted by Crippen LogP contribution is 2.55. The van der Waals surface area contributed by atoms with Crippen LogP contribution in [0.2, 0.25) is 0 Å².